The van der Waals surface area contributed by atoms with Crippen molar-refractivity contribution in [1.29, 1.82) is 0 Å². The number of hydrogen-bond donors (Lipinski definition) is 0. The minimum atomic E-state index is 0.0787. The molecule has 0 unspecified atom stereocenters. The third-order valence-electron chi connectivity index (χ3n) is 0.984. The molecule has 0 bridgehead atoms. The number of amides is 1. The van der Waals surface area contributed by atoms with E-state index in [1.807, 2.05) is 0 Å². The van der Waals surface area contributed by atoms with Crippen molar-refractivity contribution in [2.24, 2.45) is 0 Å². The molecule has 8 heavy (non-hydrogen) atoms. The maximum atomic E-state index is 10.5. The molecule has 1 rings (SSSR count). The second-order valence-electron chi connectivity index (χ2n) is 1.64. The smallest absolute Gasteiger partial charge is 0.242 e. The van der Waals surface area contributed by atoms with Gasteiger partial charge in [-0.3, -0.25) is 10.1 Å². The number of rotatable bonds is 0. The van der Waals surface area contributed by atoms with Crippen molar-refractivity contribution >= 4 is 17.7 Å². The van der Waals surface area contributed by atoms with Gasteiger partial charge in [0, 0.05) is 17.9 Å². The number of hydrogen-bond acceptors (Lipinski definition) is 2. The lowest BCUT2D eigenvalue weighted by atomic mass is 10.4. The third kappa shape index (κ3) is 1.74. The van der Waals surface area contributed by atoms with Crippen LogP contribution in [0.5, 0.6) is 0 Å². The summed E-state index contributed by atoms with van der Waals surface area (Å²) in [6.45, 7) is 0.726. The highest BCUT2D eigenvalue weighted by molar-refractivity contribution is 7.99. The SMILES string of the molecule is O=C1CCSCC[N]1. The van der Waals surface area contributed by atoms with Crippen molar-refractivity contribution in [3.05, 3.63) is 0 Å². The molecule has 1 fully saturated rings. The van der Waals surface area contributed by atoms with E-state index in [1.54, 1.807) is 11.8 Å². The summed E-state index contributed by atoms with van der Waals surface area (Å²) in [7, 11) is 0. The molecule has 1 amide bonds. The van der Waals surface area contributed by atoms with Gasteiger partial charge in [-0.05, 0) is 0 Å². The second kappa shape index (κ2) is 2.97. The van der Waals surface area contributed by atoms with Crippen molar-refractivity contribution in [2.45, 2.75) is 6.42 Å². The third-order valence-corrected chi connectivity index (χ3v) is 1.95. The lowest BCUT2D eigenvalue weighted by Crippen LogP contribution is -2.14. The van der Waals surface area contributed by atoms with Gasteiger partial charge in [-0.15, -0.1) is 0 Å². The van der Waals surface area contributed by atoms with E-state index in [9.17, 15) is 4.79 Å². The number of carbonyl (C=O) groups is 1. The molecule has 1 radical (unpaired) electrons. The van der Waals surface area contributed by atoms with Crippen LogP contribution in [0.3, 0.4) is 0 Å². The highest BCUT2D eigenvalue weighted by atomic mass is 32.2. The molecule has 0 aromatic heterocycles. The van der Waals surface area contributed by atoms with E-state index in [0.29, 0.717) is 6.42 Å². The van der Waals surface area contributed by atoms with Gasteiger partial charge in [0.15, 0.2) is 0 Å². The molecule has 45 valence electrons. The summed E-state index contributed by atoms with van der Waals surface area (Å²) >= 11 is 1.80. The Labute approximate surface area is 53.0 Å². The van der Waals surface area contributed by atoms with E-state index >= 15 is 0 Å². The average Bonchev–Trinajstić information content (AvgIpc) is 1.94. The monoisotopic (exact) mass is 130 g/mol. The van der Waals surface area contributed by atoms with Crippen LogP contribution in [0, 0.1) is 0 Å². The summed E-state index contributed by atoms with van der Waals surface area (Å²) in [6, 6.07) is 0. The van der Waals surface area contributed by atoms with Crippen LogP contribution < -0.4 is 5.32 Å². The van der Waals surface area contributed by atoms with E-state index in [0.717, 1.165) is 18.1 Å². The van der Waals surface area contributed by atoms with Crippen molar-refractivity contribution in [3.8, 4) is 0 Å². The summed E-state index contributed by atoms with van der Waals surface area (Å²) in [5, 5.41) is 3.76. The number of nitrogens with zero attached hydrogens (tertiary/aromatic N) is 1. The summed E-state index contributed by atoms with van der Waals surface area (Å²) < 4.78 is 0. The van der Waals surface area contributed by atoms with E-state index in [4.69, 9.17) is 0 Å². The topological polar surface area (TPSA) is 31.2 Å². The van der Waals surface area contributed by atoms with Gasteiger partial charge in [-0.2, -0.15) is 11.8 Å². The van der Waals surface area contributed by atoms with Crippen LogP contribution in [-0.2, 0) is 4.79 Å². The first-order chi connectivity index (χ1) is 3.89. The zero-order valence-corrected chi connectivity index (χ0v) is 5.41. The first-order valence-corrected chi connectivity index (χ1v) is 3.83. The van der Waals surface area contributed by atoms with Crippen LogP contribution in [0.4, 0.5) is 0 Å². The Kier molecular flexibility index (Phi) is 2.21. The van der Waals surface area contributed by atoms with Gasteiger partial charge in [-0.1, -0.05) is 0 Å². The molecule has 0 atom stereocenters. The Morgan fingerprint density at radius 3 is 3.25 bits per heavy atom. The fourth-order valence-electron chi connectivity index (χ4n) is 0.575. The standard InChI is InChI=1S/C5H8NOS/c7-5-1-3-8-4-2-6-5/h1-4H2. The Balaban J connectivity index is 2.27. The molecule has 3 heteroatoms. The second-order valence-corrected chi connectivity index (χ2v) is 2.86. The zero-order chi connectivity index (χ0) is 5.82. The fourth-order valence-corrected chi connectivity index (χ4v) is 1.32. The molecule has 0 aromatic rings. The van der Waals surface area contributed by atoms with Crippen molar-refractivity contribution in [2.75, 3.05) is 18.1 Å². The van der Waals surface area contributed by atoms with Crippen molar-refractivity contribution in [1.82, 2.24) is 5.32 Å². The first-order valence-electron chi connectivity index (χ1n) is 2.67. The Hall–Kier alpha value is -0.180. The van der Waals surface area contributed by atoms with Gasteiger partial charge in [0.1, 0.15) is 0 Å². The van der Waals surface area contributed by atoms with Gasteiger partial charge < -0.3 is 0 Å². The molecule has 2 nitrogen and oxygen atoms in total. The van der Waals surface area contributed by atoms with Crippen LogP contribution in [-0.4, -0.2) is 24.0 Å². The van der Waals surface area contributed by atoms with Crippen molar-refractivity contribution in [3.63, 3.8) is 0 Å². The lowest BCUT2D eigenvalue weighted by Gasteiger charge is -1.88. The molecule has 1 aliphatic rings. The molecule has 1 heterocycles. The highest BCUT2D eigenvalue weighted by Gasteiger charge is 2.05. The Bertz CT molecular complexity index is 84.4. The predicted molar refractivity (Wildman–Crippen MR) is 33.9 cm³/mol. The summed E-state index contributed by atoms with van der Waals surface area (Å²) in [4.78, 5) is 10.5. The van der Waals surface area contributed by atoms with Crippen LogP contribution in [0.1, 0.15) is 6.42 Å². The molecule has 0 spiro atoms. The van der Waals surface area contributed by atoms with Crippen LogP contribution in [0.2, 0.25) is 0 Å². The normalized spacial score (nSPS) is 21.8. The zero-order valence-electron chi connectivity index (χ0n) is 4.59. The van der Waals surface area contributed by atoms with E-state index < -0.39 is 0 Å². The molecular formula is C5H8NOS. The van der Waals surface area contributed by atoms with Crippen molar-refractivity contribution < 1.29 is 4.79 Å². The Morgan fingerprint density at radius 1 is 1.50 bits per heavy atom. The molecule has 0 aliphatic carbocycles. The maximum Gasteiger partial charge on any atom is 0.242 e. The average molecular weight is 130 g/mol. The molecule has 0 N–H and O–H groups in total. The minimum absolute atomic E-state index is 0.0787. The Morgan fingerprint density at radius 2 is 2.38 bits per heavy atom. The first kappa shape index (κ1) is 5.95. The van der Waals surface area contributed by atoms with E-state index in [2.05, 4.69) is 5.32 Å². The maximum absolute atomic E-state index is 10.5. The molecule has 0 aromatic carbocycles. The lowest BCUT2D eigenvalue weighted by molar-refractivity contribution is -0.120. The number of thioether (sulfide) groups is 1. The van der Waals surface area contributed by atoms with Crippen LogP contribution >= 0.6 is 11.8 Å². The van der Waals surface area contributed by atoms with E-state index in [1.165, 1.54) is 0 Å². The molecule has 0 saturated carbocycles. The van der Waals surface area contributed by atoms with Crippen LogP contribution in [0.15, 0.2) is 0 Å². The predicted octanol–water partition coefficient (Wildman–Crippen LogP) is 0.254. The molecule has 1 saturated heterocycles. The minimum Gasteiger partial charge on any atom is -0.273 e. The highest BCUT2D eigenvalue weighted by Crippen LogP contribution is 2.04. The van der Waals surface area contributed by atoms with Gasteiger partial charge in [0.2, 0.25) is 5.91 Å². The quantitative estimate of drug-likeness (QED) is 0.471. The van der Waals surface area contributed by atoms with Crippen LogP contribution in [0.25, 0.3) is 0 Å². The fraction of sp³-hybridized carbons (Fsp3) is 0.800. The van der Waals surface area contributed by atoms with Gasteiger partial charge in [0.25, 0.3) is 0 Å². The summed E-state index contributed by atoms with van der Waals surface area (Å²) in [5.74, 6) is 2.06. The van der Waals surface area contributed by atoms with E-state index in [-0.39, 0.29) is 5.91 Å². The largest absolute Gasteiger partial charge is 0.273 e. The summed E-state index contributed by atoms with van der Waals surface area (Å²) in [6.07, 6.45) is 0.644. The molecular weight excluding hydrogens is 122 g/mol. The van der Waals surface area contributed by atoms with Gasteiger partial charge in [-0.25, -0.2) is 0 Å². The number of carbonyl (C=O) groups excluding carboxylic acids is 1. The summed E-state index contributed by atoms with van der Waals surface area (Å²) in [5.41, 5.74) is 0. The van der Waals surface area contributed by atoms with Gasteiger partial charge >= 0.3 is 0 Å². The van der Waals surface area contributed by atoms with Gasteiger partial charge in [0.05, 0.1) is 6.54 Å². The molecule has 1 aliphatic heterocycles.